The lowest BCUT2D eigenvalue weighted by atomic mass is 10.1. The molecule has 0 aliphatic rings. The Morgan fingerprint density at radius 3 is 2.58 bits per heavy atom. The van der Waals surface area contributed by atoms with Crippen molar-refractivity contribution in [3.05, 3.63) is 94.8 Å². The lowest BCUT2D eigenvalue weighted by Gasteiger charge is -2.12. The van der Waals surface area contributed by atoms with E-state index in [4.69, 9.17) is 9.72 Å². The van der Waals surface area contributed by atoms with E-state index in [-0.39, 0.29) is 5.91 Å². The summed E-state index contributed by atoms with van der Waals surface area (Å²) in [6.07, 6.45) is 4.12. The molecule has 4 aromatic rings. The van der Waals surface area contributed by atoms with E-state index in [1.165, 1.54) is 16.6 Å². The minimum atomic E-state index is 0.0710. The van der Waals surface area contributed by atoms with Gasteiger partial charge in [-0.3, -0.25) is 4.79 Å². The van der Waals surface area contributed by atoms with Crippen LogP contribution in [0.25, 0.3) is 11.0 Å². The molecule has 5 heteroatoms. The Labute approximate surface area is 214 Å². The van der Waals surface area contributed by atoms with Crippen LogP contribution < -0.4 is 10.1 Å². The van der Waals surface area contributed by atoms with Crippen LogP contribution in [0, 0.1) is 20.8 Å². The van der Waals surface area contributed by atoms with Gasteiger partial charge in [0.1, 0.15) is 11.6 Å². The SMILES string of the molecule is Cc1ccc(C)c(OCCCCn2c(CCCNC(=O)Cc3ccccc3C)nc3ccccc32)c1. The van der Waals surface area contributed by atoms with E-state index in [2.05, 4.69) is 60.1 Å². The van der Waals surface area contributed by atoms with Crippen molar-refractivity contribution in [1.29, 1.82) is 0 Å². The summed E-state index contributed by atoms with van der Waals surface area (Å²) in [5, 5.41) is 3.07. The molecule has 0 atom stereocenters. The number of benzene rings is 3. The van der Waals surface area contributed by atoms with Crippen LogP contribution in [0.1, 0.15) is 47.3 Å². The summed E-state index contributed by atoms with van der Waals surface area (Å²) in [7, 11) is 0. The number of amides is 1. The van der Waals surface area contributed by atoms with Crippen molar-refractivity contribution < 1.29 is 9.53 Å². The van der Waals surface area contributed by atoms with Gasteiger partial charge in [-0.15, -0.1) is 0 Å². The van der Waals surface area contributed by atoms with Gasteiger partial charge in [0.2, 0.25) is 5.91 Å². The molecular weight excluding hydrogens is 446 g/mol. The maximum Gasteiger partial charge on any atom is 0.224 e. The number of nitrogens with one attached hydrogen (secondary N) is 1. The van der Waals surface area contributed by atoms with Crippen LogP contribution in [0.4, 0.5) is 0 Å². The molecule has 0 bridgehead atoms. The number of para-hydroxylation sites is 2. The lowest BCUT2D eigenvalue weighted by molar-refractivity contribution is -0.120. The highest BCUT2D eigenvalue weighted by Crippen LogP contribution is 2.21. The zero-order valence-corrected chi connectivity index (χ0v) is 21.7. The second kappa shape index (κ2) is 12.4. The Morgan fingerprint density at radius 2 is 1.72 bits per heavy atom. The Kier molecular flexibility index (Phi) is 8.77. The third kappa shape index (κ3) is 6.75. The average molecular weight is 484 g/mol. The molecule has 3 aromatic carbocycles. The fourth-order valence-electron chi connectivity index (χ4n) is 4.50. The summed E-state index contributed by atoms with van der Waals surface area (Å²) < 4.78 is 8.38. The van der Waals surface area contributed by atoms with Gasteiger partial charge in [0, 0.05) is 19.5 Å². The molecule has 0 aliphatic carbocycles. The fraction of sp³-hybridized carbons (Fsp3) is 0.355. The molecule has 36 heavy (non-hydrogen) atoms. The smallest absolute Gasteiger partial charge is 0.224 e. The maximum atomic E-state index is 12.4. The molecule has 0 saturated heterocycles. The van der Waals surface area contributed by atoms with Gasteiger partial charge in [0.15, 0.2) is 0 Å². The van der Waals surface area contributed by atoms with Crippen molar-refractivity contribution in [2.45, 2.75) is 59.4 Å². The number of hydrogen-bond acceptors (Lipinski definition) is 3. The summed E-state index contributed by atoms with van der Waals surface area (Å²) >= 11 is 0. The first-order valence-electron chi connectivity index (χ1n) is 13.0. The topological polar surface area (TPSA) is 56.1 Å². The number of unbranched alkanes of at least 4 members (excludes halogenated alkanes) is 1. The maximum absolute atomic E-state index is 12.4. The third-order valence-electron chi connectivity index (χ3n) is 6.62. The fourth-order valence-corrected chi connectivity index (χ4v) is 4.50. The molecule has 188 valence electrons. The predicted molar refractivity (Wildman–Crippen MR) is 147 cm³/mol. The molecule has 4 rings (SSSR count). The normalized spacial score (nSPS) is 11.1. The monoisotopic (exact) mass is 483 g/mol. The first kappa shape index (κ1) is 25.5. The molecule has 1 aromatic heterocycles. The van der Waals surface area contributed by atoms with Crippen molar-refractivity contribution >= 4 is 16.9 Å². The van der Waals surface area contributed by atoms with Crippen LogP contribution in [0.15, 0.2) is 66.7 Å². The number of hydrogen-bond donors (Lipinski definition) is 1. The summed E-state index contributed by atoms with van der Waals surface area (Å²) in [6, 6.07) is 22.7. The number of ether oxygens (including phenoxy) is 1. The van der Waals surface area contributed by atoms with Gasteiger partial charge >= 0.3 is 0 Å². The van der Waals surface area contributed by atoms with Gasteiger partial charge in [-0.25, -0.2) is 4.98 Å². The number of aromatic nitrogens is 2. The highest BCUT2D eigenvalue weighted by Gasteiger charge is 2.11. The average Bonchev–Trinajstić information content (AvgIpc) is 3.22. The first-order chi connectivity index (χ1) is 17.5. The Balaban J connectivity index is 1.27. The zero-order chi connectivity index (χ0) is 25.3. The van der Waals surface area contributed by atoms with Crippen LogP contribution in [-0.2, 0) is 24.2 Å². The van der Waals surface area contributed by atoms with Crippen LogP contribution in [0.2, 0.25) is 0 Å². The van der Waals surface area contributed by atoms with E-state index in [1.54, 1.807) is 0 Å². The van der Waals surface area contributed by atoms with Crippen molar-refractivity contribution in [1.82, 2.24) is 14.9 Å². The molecule has 0 radical (unpaired) electrons. The number of nitrogens with zero attached hydrogens (tertiary/aromatic N) is 2. The van der Waals surface area contributed by atoms with Crippen LogP contribution >= 0.6 is 0 Å². The highest BCUT2D eigenvalue weighted by molar-refractivity contribution is 5.79. The van der Waals surface area contributed by atoms with Crippen molar-refractivity contribution in [3.63, 3.8) is 0 Å². The number of imidazole rings is 1. The van der Waals surface area contributed by atoms with Crippen molar-refractivity contribution in [2.24, 2.45) is 0 Å². The second-order valence-electron chi connectivity index (χ2n) is 9.55. The molecule has 1 heterocycles. The Bertz CT molecular complexity index is 1310. The number of carbonyl (C=O) groups is 1. The number of rotatable bonds is 12. The summed E-state index contributed by atoms with van der Waals surface area (Å²) in [5.41, 5.74) is 6.83. The van der Waals surface area contributed by atoms with Gasteiger partial charge < -0.3 is 14.6 Å². The van der Waals surface area contributed by atoms with E-state index in [1.807, 2.05) is 37.3 Å². The largest absolute Gasteiger partial charge is 0.493 e. The number of fused-ring (bicyclic) bond motifs is 1. The summed E-state index contributed by atoms with van der Waals surface area (Å²) in [6.45, 7) is 8.49. The predicted octanol–water partition coefficient (Wildman–Crippen LogP) is 6.11. The molecule has 0 saturated carbocycles. The third-order valence-corrected chi connectivity index (χ3v) is 6.62. The van der Waals surface area contributed by atoms with Crippen LogP contribution in [0.5, 0.6) is 5.75 Å². The summed E-state index contributed by atoms with van der Waals surface area (Å²) in [5.74, 6) is 2.13. The van der Waals surface area contributed by atoms with E-state index < -0.39 is 0 Å². The van der Waals surface area contributed by atoms with Gasteiger partial charge in [0.25, 0.3) is 0 Å². The molecule has 0 aliphatic heterocycles. The standard InChI is InChI=1S/C31H37N3O2/c1-23-16-17-25(3)29(21-23)36-20-9-8-19-34-28-14-7-6-13-27(28)33-30(34)15-10-18-32-31(35)22-26-12-5-4-11-24(26)2/h4-7,11-14,16-17,21H,8-10,15,18-20,22H2,1-3H3,(H,32,35). The van der Waals surface area contributed by atoms with Gasteiger partial charge in [-0.2, -0.15) is 0 Å². The van der Waals surface area contributed by atoms with Crippen LogP contribution in [-0.4, -0.2) is 28.6 Å². The molecule has 1 amide bonds. The molecular formula is C31H37N3O2. The van der Waals surface area contributed by atoms with E-state index >= 15 is 0 Å². The second-order valence-corrected chi connectivity index (χ2v) is 9.55. The Hall–Kier alpha value is -3.60. The van der Waals surface area contributed by atoms with E-state index in [0.29, 0.717) is 19.6 Å². The molecule has 0 fully saturated rings. The lowest BCUT2D eigenvalue weighted by Crippen LogP contribution is -2.26. The minimum Gasteiger partial charge on any atom is -0.493 e. The van der Waals surface area contributed by atoms with Gasteiger partial charge in [-0.1, -0.05) is 48.5 Å². The zero-order valence-electron chi connectivity index (χ0n) is 21.7. The molecule has 1 N–H and O–H groups in total. The summed E-state index contributed by atoms with van der Waals surface area (Å²) in [4.78, 5) is 17.3. The number of carbonyl (C=O) groups excluding carboxylic acids is 1. The first-order valence-corrected chi connectivity index (χ1v) is 13.0. The number of aryl methyl sites for hydroxylation is 5. The Morgan fingerprint density at radius 1 is 0.917 bits per heavy atom. The van der Waals surface area contributed by atoms with Gasteiger partial charge in [-0.05, 0) is 80.5 Å². The molecule has 0 unspecified atom stereocenters. The van der Waals surface area contributed by atoms with Gasteiger partial charge in [0.05, 0.1) is 24.1 Å². The van der Waals surface area contributed by atoms with Crippen LogP contribution in [0.3, 0.4) is 0 Å². The molecule has 5 nitrogen and oxygen atoms in total. The minimum absolute atomic E-state index is 0.0710. The quantitative estimate of drug-likeness (QED) is 0.247. The highest BCUT2D eigenvalue weighted by atomic mass is 16.5. The van der Waals surface area contributed by atoms with Crippen molar-refractivity contribution in [2.75, 3.05) is 13.2 Å². The van der Waals surface area contributed by atoms with E-state index in [0.717, 1.165) is 60.4 Å². The molecule has 0 spiro atoms. The van der Waals surface area contributed by atoms with E-state index in [9.17, 15) is 4.79 Å². The van der Waals surface area contributed by atoms with Crippen molar-refractivity contribution in [3.8, 4) is 5.75 Å².